The first-order valence-corrected chi connectivity index (χ1v) is 11.1. The minimum atomic E-state index is -0.504. The lowest BCUT2D eigenvalue weighted by atomic mass is 10.0. The van der Waals surface area contributed by atoms with E-state index in [2.05, 4.69) is 43.4 Å². The molecule has 0 radical (unpaired) electrons. The van der Waals surface area contributed by atoms with Crippen molar-refractivity contribution in [3.05, 3.63) is 65.2 Å². The van der Waals surface area contributed by atoms with Crippen molar-refractivity contribution in [1.29, 1.82) is 0 Å². The van der Waals surface area contributed by atoms with Crippen molar-refractivity contribution < 1.29 is 14.3 Å². The Labute approximate surface area is 186 Å². The summed E-state index contributed by atoms with van der Waals surface area (Å²) in [6.45, 7) is 9.08. The molecule has 0 aliphatic heterocycles. The zero-order chi connectivity index (χ0) is 22.8. The van der Waals surface area contributed by atoms with Gasteiger partial charge in [-0.15, -0.1) is 0 Å². The lowest BCUT2D eigenvalue weighted by Gasteiger charge is -2.31. The molecule has 168 valence electrons. The highest BCUT2D eigenvalue weighted by molar-refractivity contribution is 5.87. The van der Waals surface area contributed by atoms with Gasteiger partial charge in [0.1, 0.15) is 11.8 Å². The van der Waals surface area contributed by atoms with E-state index >= 15 is 0 Å². The van der Waals surface area contributed by atoms with Crippen molar-refractivity contribution >= 4 is 11.8 Å². The fourth-order valence-electron chi connectivity index (χ4n) is 3.46. The Hall–Kier alpha value is -2.82. The molecule has 0 saturated heterocycles. The fraction of sp³-hybridized carbons (Fsp3) is 0.462. The van der Waals surface area contributed by atoms with Crippen LogP contribution in [-0.2, 0) is 22.6 Å². The molecule has 31 heavy (non-hydrogen) atoms. The number of nitrogens with one attached hydrogen (secondary N) is 1. The highest BCUT2D eigenvalue weighted by atomic mass is 16.5. The highest BCUT2D eigenvalue weighted by Crippen LogP contribution is 2.19. The number of amides is 2. The molecule has 2 rings (SSSR count). The molecule has 0 unspecified atom stereocenters. The van der Waals surface area contributed by atoms with Gasteiger partial charge in [-0.3, -0.25) is 9.59 Å². The number of nitrogens with zero attached hydrogens (tertiary/aromatic N) is 1. The van der Waals surface area contributed by atoms with Crippen molar-refractivity contribution in [2.45, 2.75) is 59.5 Å². The second-order valence-electron chi connectivity index (χ2n) is 8.42. The average molecular weight is 425 g/mol. The molecule has 0 heterocycles. The van der Waals surface area contributed by atoms with E-state index in [1.807, 2.05) is 38.1 Å². The monoisotopic (exact) mass is 424 g/mol. The van der Waals surface area contributed by atoms with E-state index in [-0.39, 0.29) is 11.8 Å². The van der Waals surface area contributed by atoms with Crippen LogP contribution in [0.5, 0.6) is 5.75 Å². The molecule has 5 heteroatoms. The molecule has 2 aromatic carbocycles. The van der Waals surface area contributed by atoms with Crippen LogP contribution in [0.25, 0.3) is 0 Å². The van der Waals surface area contributed by atoms with Crippen LogP contribution in [0.2, 0.25) is 0 Å². The van der Waals surface area contributed by atoms with Crippen LogP contribution in [0.15, 0.2) is 48.5 Å². The smallest absolute Gasteiger partial charge is 0.242 e. The molecule has 0 saturated carbocycles. The summed E-state index contributed by atoms with van der Waals surface area (Å²) in [5, 5.41) is 3.00. The van der Waals surface area contributed by atoms with Crippen molar-refractivity contribution in [3.8, 4) is 5.75 Å². The van der Waals surface area contributed by atoms with Gasteiger partial charge in [-0.2, -0.15) is 0 Å². The molecule has 1 N–H and O–H groups in total. The molecule has 0 spiro atoms. The second kappa shape index (κ2) is 12.1. The summed E-state index contributed by atoms with van der Waals surface area (Å²) in [5.74, 6) is 0.977. The Morgan fingerprint density at radius 3 is 2.39 bits per heavy atom. The standard InChI is InChI=1S/C26H36N2O3/c1-6-24(26(30)27-17-19(2)3)28(18-22-8-7-9-23(16-22)31-5)25(29)15-14-21-12-10-20(4)11-13-21/h7-13,16,19,24H,6,14-15,17-18H2,1-5H3,(H,27,30)/t24-/m1/s1. The topological polar surface area (TPSA) is 58.6 Å². The van der Waals surface area contributed by atoms with Crippen LogP contribution < -0.4 is 10.1 Å². The van der Waals surface area contributed by atoms with Crippen LogP contribution in [-0.4, -0.2) is 36.4 Å². The van der Waals surface area contributed by atoms with Gasteiger partial charge in [-0.05, 0) is 48.9 Å². The van der Waals surface area contributed by atoms with E-state index in [1.165, 1.54) is 5.56 Å². The summed E-state index contributed by atoms with van der Waals surface area (Å²) >= 11 is 0. The number of methoxy groups -OCH3 is 1. The summed E-state index contributed by atoms with van der Waals surface area (Å²) < 4.78 is 5.33. The minimum absolute atomic E-state index is 0.0186. The van der Waals surface area contributed by atoms with Crippen LogP contribution >= 0.6 is 0 Å². The molecule has 0 bridgehead atoms. The van der Waals surface area contributed by atoms with Gasteiger partial charge in [-0.1, -0.05) is 62.7 Å². The van der Waals surface area contributed by atoms with Gasteiger partial charge in [0.15, 0.2) is 0 Å². The molecule has 0 aliphatic carbocycles. The molecule has 0 fully saturated rings. The van der Waals surface area contributed by atoms with E-state index in [1.54, 1.807) is 12.0 Å². The summed E-state index contributed by atoms with van der Waals surface area (Å²) in [4.78, 5) is 27.9. The van der Waals surface area contributed by atoms with E-state index in [4.69, 9.17) is 4.74 Å². The van der Waals surface area contributed by atoms with Crippen LogP contribution in [0.3, 0.4) is 0 Å². The molecule has 2 aromatic rings. The molecule has 0 aliphatic rings. The first-order valence-electron chi connectivity index (χ1n) is 11.1. The molecule has 1 atom stereocenters. The van der Waals surface area contributed by atoms with Gasteiger partial charge >= 0.3 is 0 Å². The Kier molecular flexibility index (Phi) is 9.57. The third-order valence-corrected chi connectivity index (χ3v) is 5.31. The van der Waals surface area contributed by atoms with Gasteiger partial charge in [0.2, 0.25) is 11.8 Å². The van der Waals surface area contributed by atoms with E-state index < -0.39 is 6.04 Å². The van der Waals surface area contributed by atoms with E-state index in [9.17, 15) is 9.59 Å². The number of carbonyl (C=O) groups excluding carboxylic acids is 2. The highest BCUT2D eigenvalue weighted by Gasteiger charge is 2.28. The van der Waals surface area contributed by atoms with Crippen LogP contribution in [0, 0.1) is 12.8 Å². The Balaban J connectivity index is 2.20. The average Bonchev–Trinajstić information content (AvgIpc) is 2.77. The predicted molar refractivity (Wildman–Crippen MR) is 125 cm³/mol. The maximum atomic E-state index is 13.3. The van der Waals surface area contributed by atoms with E-state index in [0.29, 0.717) is 38.3 Å². The molecule has 2 amide bonds. The third kappa shape index (κ3) is 7.74. The largest absolute Gasteiger partial charge is 0.497 e. The lowest BCUT2D eigenvalue weighted by Crippen LogP contribution is -2.49. The Bertz CT molecular complexity index is 846. The molecular formula is C26H36N2O3. The van der Waals surface area contributed by atoms with Gasteiger partial charge in [0.05, 0.1) is 7.11 Å². The molecule has 5 nitrogen and oxygen atoms in total. The first kappa shape index (κ1) is 24.4. The number of hydrogen-bond acceptors (Lipinski definition) is 3. The zero-order valence-corrected chi connectivity index (χ0v) is 19.5. The zero-order valence-electron chi connectivity index (χ0n) is 19.5. The predicted octanol–water partition coefficient (Wildman–Crippen LogP) is 4.52. The van der Waals surface area contributed by atoms with Crippen molar-refractivity contribution in [2.75, 3.05) is 13.7 Å². The number of carbonyl (C=O) groups is 2. The van der Waals surface area contributed by atoms with Crippen LogP contribution in [0.4, 0.5) is 0 Å². The first-order chi connectivity index (χ1) is 14.8. The number of benzene rings is 2. The normalized spacial score (nSPS) is 11.8. The molecular weight excluding hydrogens is 388 g/mol. The summed E-state index contributed by atoms with van der Waals surface area (Å²) in [6, 6.07) is 15.4. The number of ether oxygens (including phenoxy) is 1. The van der Waals surface area contributed by atoms with Gasteiger partial charge < -0.3 is 15.0 Å². The van der Waals surface area contributed by atoms with Crippen molar-refractivity contribution in [1.82, 2.24) is 10.2 Å². The second-order valence-corrected chi connectivity index (χ2v) is 8.42. The van der Waals surface area contributed by atoms with E-state index in [0.717, 1.165) is 16.9 Å². The van der Waals surface area contributed by atoms with Gasteiger partial charge in [-0.25, -0.2) is 0 Å². The minimum Gasteiger partial charge on any atom is -0.497 e. The quantitative estimate of drug-likeness (QED) is 0.577. The number of hydrogen-bond donors (Lipinski definition) is 1. The molecule has 0 aromatic heterocycles. The van der Waals surface area contributed by atoms with Gasteiger partial charge in [0, 0.05) is 19.5 Å². The summed E-state index contributed by atoms with van der Waals surface area (Å²) in [7, 11) is 1.62. The summed E-state index contributed by atoms with van der Waals surface area (Å²) in [6.07, 6.45) is 1.57. The van der Waals surface area contributed by atoms with Crippen molar-refractivity contribution in [2.24, 2.45) is 5.92 Å². The Morgan fingerprint density at radius 2 is 1.77 bits per heavy atom. The lowest BCUT2D eigenvalue weighted by molar-refractivity contribution is -0.141. The third-order valence-electron chi connectivity index (χ3n) is 5.31. The fourth-order valence-corrected chi connectivity index (χ4v) is 3.46. The van der Waals surface area contributed by atoms with Gasteiger partial charge in [0.25, 0.3) is 0 Å². The van der Waals surface area contributed by atoms with Crippen LogP contribution in [0.1, 0.15) is 50.3 Å². The number of rotatable bonds is 11. The maximum absolute atomic E-state index is 13.3. The van der Waals surface area contributed by atoms with Crippen molar-refractivity contribution in [3.63, 3.8) is 0 Å². The number of aryl methyl sites for hydroxylation is 2. The Morgan fingerprint density at radius 1 is 1.06 bits per heavy atom. The SMILES string of the molecule is CC[C@H](C(=O)NCC(C)C)N(Cc1cccc(OC)c1)C(=O)CCc1ccc(C)cc1. The maximum Gasteiger partial charge on any atom is 0.242 e. The summed E-state index contributed by atoms with van der Waals surface area (Å²) in [5.41, 5.74) is 3.26.